The molecule has 0 spiro atoms. The lowest BCUT2D eigenvalue weighted by molar-refractivity contribution is -0.136. The van der Waals surface area contributed by atoms with Crippen LogP contribution in [0.5, 0.6) is 5.75 Å². The Labute approximate surface area is 187 Å². The third-order valence-corrected chi connectivity index (χ3v) is 5.70. The van der Waals surface area contributed by atoms with Gasteiger partial charge in [-0.1, -0.05) is 29.3 Å². The van der Waals surface area contributed by atoms with Crippen molar-refractivity contribution >= 4 is 29.2 Å². The number of nitrogens with zero attached hydrogens (tertiary/aromatic N) is 1. The van der Waals surface area contributed by atoms with Crippen LogP contribution >= 0.6 is 23.2 Å². The third kappa shape index (κ3) is 3.71. The van der Waals surface area contributed by atoms with Crippen LogP contribution in [-0.4, -0.2) is 17.6 Å². The SMILES string of the molecule is COC(=O)C1=C(N)Oc2cc(C)n(Cc3ccco3)c(=O)c2C1c1ccc(Cl)cc1Cl. The van der Waals surface area contributed by atoms with Gasteiger partial charge in [0.1, 0.15) is 17.1 Å². The number of fused-ring (bicyclic) bond motifs is 1. The van der Waals surface area contributed by atoms with E-state index < -0.39 is 11.9 Å². The van der Waals surface area contributed by atoms with Crippen molar-refractivity contribution in [3.8, 4) is 5.75 Å². The molecule has 0 saturated heterocycles. The number of rotatable bonds is 4. The van der Waals surface area contributed by atoms with E-state index >= 15 is 0 Å². The predicted molar refractivity (Wildman–Crippen MR) is 115 cm³/mol. The Morgan fingerprint density at radius 1 is 1.26 bits per heavy atom. The third-order valence-electron chi connectivity index (χ3n) is 5.14. The minimum Gasteiger partial charge on any atom is -0.467 e. The molecule has 0 fully saturated rings. The second-order valence-electron chi connectivity index (χ2n) is 7.00. The highest BCUT2D eigenvalue weighted by atomic mass is 35.5. The predicted octanol–water partition coefficient (Wildman–Crippen LogP) is 3.97. The molecule has 0 saturated carbocycles. The Bertz CT molecular complexity index is 1260. The second kappa shape index (κ2) is 8.17. The molecular formula is C22H18Cl2N2O5. The lowest BCUT2D eigenvalue weighted by Crippen LogP contribution is -2.35. The molecule has 1 aromatic carbocycles. The lowest BCUT2D eigenvalue weighted by Gasteiger charge is -2.29. The number of aromatic nitrogens is 1. The average molecular weight is 461 g/mol. The Morgan fingerprint density at radius 3 is 2.68 bits per heavy atom. The molecule has 3 aromatic rings. The number of carbonyl (C=O) groups is 1. The molecule has 1 aliphatic rings. The summed E-state index contributed by atoms with van der Waals surface area (Å²) < 4.78 is 17.5. The number of methoxy groups -OCH3 is 1. The molecule has 1 atom stereocenters. The highest BCUT2D eigenvalue weighted by Gasteiger charge is 2.39. The molecule has 1 aliphatic heterocycles. The number of ether oxygens (including phenoxy) is 2. The van der Waals surface area contributed by atoms with Crippen LogP contribution in [-0.2, 0) is 16.1 Å². The summed E-state index contributed by atoms with van der Waals surface area (Å²) in [6.45, 7) is 1.98. The fourth-order valence-corrected chi connectivity index (χ4v) is 4.21. The fraction of sp³-hybridized carbons (Fsp3) is 0.182. The maximum atomic E-state index is 13.6. The normalized spacial score (nSPS) is 15.4. The summed E-state index contributed by atoms with van der Waals surface area (Å²) in [5.74, 6) is -0.933. The van der Waals surface area contributed by atoms with Crippen LogP contribution in [0.25, 0.3) is 0 Å². The average Bonchev–Trinajstić information content (AvgIpc) is 3.23. The van der Waals surface area contributed by atoms with Crippen LogP contribution < -0.4 is 16.0 Å². The number of carbonyl (C=O) groups excluding carboxylic acids is 1. The van der Waals surface area contributed by atoms with Crippen molar-refractivity contribution in [2.45, 2.75) is 19.4 Å². The van der Waals surface area contributed by atoms with Crippen molar-refractivity contribution in [1.29, 1.82) is 0 Å². The van der Waals surface area contributed by atoms with Gasteiger partial charge < -0.3 is 24.2 Å². The van der Waals surface area contributed by atoms with E-state index in [-0.39, 0.29) is 39.9 Å². The number of hydrogen-bond donors (Lipinski definition) is 1. The van der Waals surface area contributed by atoms with Crippen molar-refractivity contribution < 1.29 is 18.7 Å². The zero-order chi connectivity index (χ0) is 22.3. The second-order valence-corrected chi connectivity index (χ2v) is 7.85. The molecule has 0 radical (unpaired) electrons. The summed E-state index contributed by atoms with van der Waals surface area (Å²) in [6.07, 6.45) is 1.53. The Balaban J connectivity index is 1.99. The number of pyridine rings is 1. The molecule has 7 nitrogen and oxygen atoms in total. The molecule has 0 bridgehead atoms. The Kier molecular flexibility index (Phi) is 5.56. The first-order valence-corrected chi connectivity index (χ1v) is 10.0. The van der Waals surface area contributed by atoms with E-state index in [9.17, 15) is 9.59 Å². The first-order chi connectivity index (χ1) is 14.8. The van der Waals surface area contributed by atoms with E-state index in [2.05, 4.69) is 0 Å². The molecule has 2 aromatic heterocycles. The topological polar surface area (TPSA) is 96.7 Å². The summed E-state index contributed by atoms with van der Waals surface area (Å²) in [4.78, 5) is 26.3. The van der Waals surface area contributed by atoms with Gasteiger partial charge in [0.05, 0.1) is 31.4 Å². The fourth-order valence-electron chi connectivity index (χ4n) is 3.70. The van der Waals surface area contributed by atoms with E-state index in [4.69, 9.17) is 42.8 Å². The summed E-state index contributed by atoms with van der Waals surface area (Å²) in [7, 11) is 1.23. The van der Waals surface area contributed by atoms with Gasteiger partial charge in [-0.3, -0.25) is 4.79 Å². The summed E-state index contributed by atoms with van der Waals surface area (Å²) in [5, 5.41) is 0.689. The maximum Gasteiger partial charge on any atom is 0.340 e. The molecule has 3 heterocycles. The van der Waals surface area contributed by atoms with Gasteiger partial charge in [-0.15, -0.1) is 0 Å². The molecule has 2 N–H and O–H groups in total. The van der Waals surface area contributed by atoms with Gasteiger partial charge in [-0.25, -0.2) is 4.79 Å². The molecule has 160 valence electrons. The zero-order valence-corrected chi connectivity index (χ0v) is 18.2. The highest BCUT2D eigenvalue weighted by molar-refractivity contribution is 6.35. The van der Waals surface area contributed by atoms with Crippen LogP contribution in [0.15, 0.2) is 63.3 Å². The smallest absolute Gasteiger partial charge is 0.340 e. The van der Waals surface area contributed by atoms with Gasteiger partial charge in [0.2, 0.25) is 5.88 Å². The van der Waals surface area contributed by atoms with Gasteiger partial charge in [-0.05, 0) is 36.8 Å². The summed E-state index contributed by atoms with van der Waals surface area (Å²) >= 11 is 12.5. The monoisotopic (exact) mass is 460 g/mol. The molecular weight excluding hydrogens is 443 g/mol. The van der Waals surface area contributed by atoms with E-state index in [0.29, 0.717) is 22.0 Å². The van der Waals surface area contributed by atoms with Gasteiger partial charge in [-0.2, -0.15) is 0 Å². The number of aryl methyl sites for hydroxylation is 1. The number of nitrogens with two attached hydrogens (primary N) is 1. The van der Waals surface area contributed by atoms with Crippen molar-refractivity contribution in [3.05, 3.63) is 97.1 Å². The van der Waals surface area contributed by atoms with Crippen molar-refractivity contribution in [1.82, 2.24) is 4.57 Å². The Hall–Kier alpha value is -3.16. The first-order valence-electron chi connectivity index (χ1n) is 9.29. The van der Waals surface area contributed by atoms with Crippen molar-refractivity contribution in [2.24, 2.45) is 5.73 Å². The molecule has 9 heteroatoms. The van der Waals surface area contributed by atoms with E-state index in [0.717, 1.165) is 0 Å². The van der Waals surface area contributed by atoms with Gasteiger partial charge in [0, 0.05) is 21.8 Å². The number of furan rings is 1. The zero-order valence-electron chi connectivity index (χ0n) is 16.6. The molecule has 0 amide bonds. The first kappa shape index (κ1) is 21.1. The largest absolute Gasteiger partial charge is 0.467 e. The van der Waals surface area contributed by atoms with Gasteiger partial charge >= 0.3 is 5.97 Å². The molecule has 4 rings (SSSR count). The van der Waals surface area contributed by atoms with Crippen molar-refractivity contribution in [3.63, 3.8) is 0 Å². The van der Waals surface area contributed by atoms with E-state index in [1.165, 1.54) is 24.0 Å². The lowest BCUT2D eigenvalue weighted by atomic mass is 9.83. The number of halogens is 2. The summed E-state index contributed by atoms with van der Waals surface area (Å²) in [6, 6.07) is 10.0. The number of hydrogen-bond acceptors (Lipinski definition) is 6. The number of benzene rings is 1. The maximum absolute atomic E-state index is 13.6. The van der Waals surface area contributed by atoms with Crippen LogP contribution in [0.4, 0.5) is 0 Å². The van der Waals surface area contributed by atoms with Crippen molar-refractivity contribution in [2.75, 3.05) is 7.11 Å². The minimum atomic E-state index is -0.906. The molecule has 31 heavy (non-hydrogen) atoms. The van der Waals surface area contributed by atoms with Crippen LogP contribution in [0.3, 0.4) is 0 Å². The number of esters is 1. The van der Waals surface area contributed by atoms with Crippen LogP contribution in [0.2, 0.25) is 10.0 Å². The molecule has 0 aliphatic carbocycles. The minimum absolute atomic E-state index is 0.00951. The van der Waals surface area contributed by atoms with E-state index in [1.807, 2.05) is 0 Å². The van der Waals surface area contributed by atoms with E-state index in [1.54, 1.807) is 37.3 Å². The standard InChI is InChI=1S/C22H18Cl2N2O5/c1-11-8-16-18(21(27)26(11)10-13-4-3-7-30-13)17(14-6-5-12(23)9-15(14)24)19(20(25)31-16)22(28)29-2/h3-9,17H,10,25H2,1-2H3. The van der Waals surface area contributed by atoms with Gasteiger partial charge in [0.25, 0.3) is 5.56 Å². The quantitative estimate of drug-likeness (QED) is 0.591. The summed E-state index contributed by atoms with van der Waals surface area (Å²) in [5.41, 5.74) is 7.04. The molecule has 1 unspecified atom stereocenters. The van der Waals surface area contributed by atoms with Gasteiger partial charge in [0.15, 0.2) is 0 Å². The highest BCUT2D eigenvalue weighted by Crippen LogP contribution is 2.43. The van der Waals surface area contributed by atoms with Crippen LogP contribution in [0.1, 0.15) is 28.5 Å². The Morgan fingerprint density at radius 2 is 2.03 bits per heavy atom. The van der Waals surface area contributed by atoms with Crippen LogP contribution in [0, 0.1) is 6.92 Å².